The fourth-order valence-corrected chi connectivity index (χ4v) is 3.10. The maximum Gasteiger partial charge on any atom is 0.267 e. The number of nitrogen functional groups attached to an aromatic ring is 1. The number of amides is 1. The number of anilines is 3. The van der Waals surface area contributed by atoms with E-state index in [-0.39, 0.29) is 11.4 Å². The molecule has 0 aliphatic carbocycles. The van der Waals surface area contributed by atoms with Crippen LogP contribution in [-0.2, 0) is 4.79 Å². The van der Waals surface area contributed by atoms with E-state index in [4.69, 9.17) is 17.3 Å². The van der Waals surface area contributed by atoms with Crippen molar-refractivity contribution in [2.45, 2.75) is 0 Å². The van der Waals surface area contributed by atoms with Gasteiger partial charge >= 0.3 is 0 Å². The summed E-state index contributed by atoms with van der Waals surface area (Å²) in [5.74, 6) is -0.786. The monoisotopic (exact) mass is 399 g/mol. The maximum absolute atomic E-state index is 13.9. The van der Waals surface area contributed by atoms with Gasteiger partial charge in [-0.2, -0.15) is 5.26 Å². The van der Waals surface area contributed by atoms with Crippen LogP contribution >= 0.6 is 11.6 Å². The number of nitrogens with zero attached hydrogens (tertiary/aromatic N) is 3. The number of carbonyl (C=O) groups excluding carboxylic acids is 1. The molecule has 1 heterocycles. The number of hydrogen-bond acceptors (Lipinski definition) is 5. The quantitative estimate of drug-likeness (QED) is 0.468. The molecule has 0 atom stereocenters. The second kappa shape index (κ2) is 8.63. The summed E-state index contributed by atoms with van der Waals surface area (Å²) in [4.78, 5) is 16.2. The fraction of sp³-hybridized carbons (Fsp3) is 0.200. The number of piperazine rings is 1. The molecule has 0 unspecified atom stereocenters. The van der Waals surface area contributed by atoms with E-state index in [9.17, 15) is 14.4 Å². The van der Waals surface area contributed by atoms with Crippen LogP contribution in [0.25, 0.3) is 0 Å². The molecular formula is C20H19ClFN5O. The van der Waals surface area contributed by atoms with E-state index in [1.807, 2.05) is 15.9 Å². The Morgan fingerprint density at radius 2 is 1.93 bits per heavy atom. The first-order chi connectivity index (χ1) is 13.5. The molecule has 1 amide bonds. The maximum atomic E-state index is 13.9. The zero-order valence-corrected chi connectivity index (χ0v) is 15.8. The lowest BCUT2D eigenvalue weighted by atomic mass is 10.2. The number of para-hydroxylation sites is 1. The summed E-state index contributed by atoms with van der Waals surface area (Å²) in [5.41, 5.74) is 7.05. The number of halogens is 2. The van der Waals surface area contributed by atoms with Crippen molar-refractivity contribution < 1.29 is 9.18 Å². The first-order valence-corrected chi connectivity index (χ1v) is 9.07. The number of hydrogen-bond donors (Lipinski definition) is 2. The number of rotatable bonds is 4. The van der Waals surface area contributed by atoms with Crippen molar-refractivity contribution in [3.63, 3.8) is 0 Å². The van der Waals surface area contributed by atoms with Gasteiger partial charge in [0.2, 0.25) is 0 Å². The molecule has 3 rings (SSSR count). The standard InChI is InChI=1S/C20H19ClFN5O/c21-16-11-15(5-6-18(16)24)25-20(28)14(12-23)13-26-7-9-27(10-8-26)19-4-2-1-3-17(19)22/h1-6,11,13H,7-10,24H2,(H,25,28)/b14-13-. The molecule has 144 valence electrons. The van der Waals surface area contributed by atoms with Crippen LogP contribution in [0, 0.1) is 17.1 Å². The van der Waals surface area contributed by atoms with Gasteiger partial charge in [-0.3, -0.25) is 4.79 Å². The SMILES string of the molecule is N#C/C(=C/N1CCN(c2ccccc2F)CC1)C(=O)Nc1ccc(N)c(Cl)c1. The van der Waals surface area contributed by atoms with E-state index in [2.05, 4.69) is 5.32 Å². The Labute approximate surface area is 167 Å². The predicted molar refractivity (Wildman–Crippen MR) is 108 cm³/mol. The normalized spacial score (nSPS) is 14.5. The Bertz CT molecular complexity index is 948. The van der Waals surface area contributed by atoms with Crippen LogP contribution in [0.15, 0.2) is 54.2 Å². The summed E-state index contributed by atoms with van der Waals surface area (Å²) in [5, 5.41) is 12.3. The van der Waals surface area contributed by atoms with Crippen LogP contribution < -0.4 is 16.0 Å². The third-order valence-corrected chi connectivity index (χ3v) is 4.77. The van der Waals surface area contributed by atoms with Crippen molar-refractivity contribution in [2.75, 3.05) is 42.1 Å². The first-order valence-electron chi connectivity index (χ1n) is 8.70. The molecule has 28 heavy (non-hydrogen) atoms. The molecule has 1 aliphatic heterocycles. The molecule has 0 spiro atoms. The molecule has 3 N–H and O–H groups in total. The Balaban J connectivity index is 1.63. The summed E-state index contributed by atoms with van der Waals surface area (Å²) >= 11 is 5.95. The third-order valence-electron chi connectivity index (χ3n) is 4.44. The number of nitrogens with one attached hydrogen (secondary N) is 1. The Morgan fingerprint density at radius 3 is 2.57 bits per heavy atom. The largest absolute Gasteiger partial charge is 0.398 e. The Hall–Kier alpha value is -3.24. The van der Waals surface area contributed by atoms with Gasteiger partial charge in [0.25, 0.3) is 5.91 Å². The number of carbonyl (C=O) groups is 1. The van der Waals surface area contributed by atoms with E-state index in [0.717, 1.165) is 0 Å². The Morgan fingerprint density at radius 1 is 1.21 bits per heavy atom. The third kappa shape index (κ3) is 4.53. The molecule has 0 aromatic heterocycles. The highest BCUT2D eigenvalue weighted by Crippen LogP contribution is 2.23. The second-order valence-corrected chi connectivity index (χ2v) is 6.73. The van der Waals surface area contributed by atoms with Gasteiger partial charge in [0.05, 0.1) is 16.4 Å². The molecule has 1 fully saturated rings. The molecule has 2 aromatic rings. The molecular weight excluding hydrogens is 381 g/mol. The van der Waals surface area contributed by atoms with E-state index in [0.29, 0.717) is 48.3 Å². The van der Waals surface area contributed by atoms with Crippen LogP contribution in [0.2, 0.25) is 5.02 Å². The van der Waals surface area contributed by atoms with Gasteiger partial charge in [-0.05, 0) is 30.3 Å². The minimum atomic E-state index is -0.528. The van der Waals surface area contributed by atoms with Crippen molar-refractivity contribution >= 4 is 34.6 Å². The summed E-state index contributed by atoms with van der Waals surface area (Å²) in [6, 6.07) is 13.3. The number of nitrogens with two attached hydrogens (primary N) is 1. The molecule has 0 bridgehead atoms. The van der Waals surface area contributed by atoms with Gasteiger partial charge in [0, 0.05) is 38.1 Å². The average molecular weight is 400 g/mol. The van der Waals surface area contributed by atoms with E-state index < -0.39 is 5.91 Å². The first kappa shape index (κ1) is 19.5. The number of benzene rings is 2. The van der Waals surface area contributed by atoms with Crippen molar-refractivity contribution in [1.82, 2.24) is 4.90 Å². The zero-order valence-electron chi connectivity index (χ0n) is 15.0. The average Bonchev–Trinajstić information content (AvgIpc) is 2.70. The molecule has 8 heteroatoms. The van der Waals surface area contributed by atoms with Crippen LogP contribution in [0.1, 0.15) is 0 Å². The smallest absolute Gasteiger partial charge is 0.267 e. The highest BCUT2D eigenvalue weighted by molar-refractivity contribution is 6.33. The molecule has 0 saturated carbocycles. The van der Waals surface area contributed by atoms with Crippen LogP contribution in [0.5, 0.6) is 0 Å². The van der Waals surface area contributed by atoms with Gasteiger partial charge in [-0.15, -0.1) is 0 Å². The van der Waals surface area contributed by atoms with Gasteiger partial charge in [0.15, 0.2) is 0 Å². The van der Waals surface area contributed by atoms with Gasteiger partial charge in [-0.25, -0.2) is 4.39 Å². The highest BCUT2D eigenvalue weighted by Gasteiger charge is 2.19. The van der Waals surface area contributed by atoms with Gasteiger partial charge < -0.3 is 20.9 Å². The highest BCUT2D eigenvalue weighted by atomic mass is 35.5. The van der Waals surface area contributed by atoms with Crippen molar-refractivity contribution in [3.05, 3.63) is 65.1 Å². The Kier molecular flexibility index (Phi) is 6.02. The van der Waals surface area contributed by atoms with E-state index in [1.165, 1.54) is 18.3 Å². The molecule has 0 radical (unpaired) electrons. The molecule has 2 aromatic carbocycles. The minimum absolute atomic E-state index is 0.0210. The van der Waals surface area contributed by atoms with Crippen LogP contribution in [0.3, 0.4) is 0 Å². The molecule has 6 nitrogen and oxygen atoms in total. The van der Waals surface area contributed by atoms with Crippen LogP contribution in [-0.4, -0.2) is 37.0 Å². The van der Waals surface area contributed by atoms with Crippen LogP contribution in [0.4, 0.5) is 21.5 Å². The van der Waals surface area contributed by atoms with Crippen molar-refractivity contribution in [1.29, 1.82) is 5.26 Å². The van der Waals surface area contributed by atoms with Crippen molar-refractivity contribution in [2.24, 2.45) is 0 Å². The second-order valence-electron chi connectivity index (χ2n) is 6.32. The minimum Gasteiger partial charge on any atom is -0.398 e. The lowest BCUT2D eigenvalue weighted by molar-refractivity contribution is -0.112. The summed E-state index contributed by atoms with van der Waals surface area (Å²) in [6.45, 7) is 2.32. The molecule has 1 aliphatic rings. The zero-order chi connectivity index (χ0) is 20.1. The predicted octanol–water partition coefficient (Wildman–Crippen LogP) is 3.23. The van der Waals surface area contributed by atoms with Gasteiger partial charge in [0.1, 0.15) is 17.5 Å². The molecule has 1 saturated heterocycles. The van der Waals surface area contributed by atoms with Crippen molar-refractivity contribution in [3.8, 4) is 6.07 Å². The number of nitriles is 1. The van der Waals surface area contributed by atoms with E-state index in [1.54, 1.807) is 30.3 Å². The summed E-state index contributed by atoms with van der Waals surface area (Å²) < 4.78 is 13.9. The van der Waals surface area contributed by atoms with E-state index >= 15 is 0 Å². The topological polar surface area (TPSA) is 85.4 Å². The summed E-state index contributed by atoms with van der Waals surface area (Å²) in [7, 11) is 0. The lowest BCUT2D eigenvalue weighted by Crippen LogP contribution is -2.44. The fourth-order valence-electron chi connectivity index (χ4n) is 2.92. The summed E-state index contributed by atoms with van der Waals surface area (Å²) in [6.07, 6.45) is 1.53. The van der Waals surface area contributed by atoms with Gasteiger partial charge in [-0.1, -0.05) is 23.7 Å². The lowest BCUT2D eigenvalue weighted by Gasteiger charge is -2.35.